The molecule has 1 aromatic carbocycles. The molecule has 1 atom stereocenters. The molecule has 31 heavy (non-hydrogen) atoms. The third-order valence-electron chi connectivity index (χ3n) is 5.68. The average Bonchev–Trinajstić information content (AvgIpc) is 3.45. The summed E-state index contributed by atoms with van der Waals surface area (Å²) < 4.78 is 12.6. The molecule has 3 aromatic heterocycles. The van der Waals surface area contributed by atoms with Crippen molar-refractivity contribution in [1.82, 2.24) is 19.7 Å². The number of pyridine rings is 2. The van der Waals surface area contributed by atoms with E-state index in [0.717, 1.165) is 46.3 Å². The number of hydrogen-bond acceptors (Lipinski definition) is 7. The molecule has 0 aliphatic carbocycles. The van der Waals surface area contributed by atoms with E-state index in [0.29, 0.717) is 24.0 Å². The summed E-state index contributed by atoms with van der Waals surface area (Å²) >= 11 is 0. The van der Waals surface area contributed by atoms with Crippen LogP contribution in [0.25, 0.3) is 22.0 Å². The minimum absolute atomic E-state index is 0.0569. The summed E-state index contributed by atoms with van der Waals surface area (Å²) in [4.78, 5) is 21.9. The van der Waals surface area contributed by atoms with E-state index in [1.165, 1.54) is 0 Å². The largest absolute Gasteiger partial charge is 0.368 e. The number of rotatable bonds is 4. The quantitative estimate of drug-likeness (QED) is 0.532. The Morgan fingerprint density at radius 3 is 2.84 bits per heavy atom. The number of anilines is 2. The number of ether oxygens (including phenoxy) is 1. The fourth-order valence-electron chi connectivity index (χ4n) is 3.97. The van der Waals surface area contributed by atoms with Crippen LogP contribution in [0.15, 0.2) is 45.8 Å². The van der Waals surface area contributed by atoms with Gasteiger partial charge in [-0.05, 0) is 67.2 Å². The molecule has 1 fully saturated rings. The van der Waals surface area contributed by atoms with Crippen LogP contribution < -0.4 is 10.9 Å². The van der Waals surface area contributed by atoms with Gasteiger partial charge in [0, 0.05) is 42.2 Å². The number of nitrogens with zero attached hydrogens (tertiary/aromatic N) is 4. The van der Waals surface area contributed by atoms with E-state index in [4.69, 9.17) is 9.26 Å². The van der Waals surface area contributed by atoms with Crippen molar-refractivity contribution in [2.75, 3.05) is 11.9 Å². The third-order valence-corrected chi connectivity index (χ3v) is 5.68. The summed E-state index contributed by atoms with van der Waals surface area (Å²) in [5, 5.41) is 8.10. The first-order valence-electron chi connectivity index (χ1n) is 10.3. The van der Waals surface area contributed by atoms with Gasteiger partial charge in [0.2, 0.25) is 0 Å². The van der Waals surface area contributed by atoms with Crippen LogP contribution in [0.3, 0.4) is 0 Å². The number of aromatic nitrogens is 4. The fraction of sp³-hybridized carbons (Fsp3) is 0.304. The van der Waals surface area contributed by atoms with Crippen LogP contribution in [-0.2, 0) is 11.8 Å². The van der Waals surface area contributed by atoms with Gasteiger partial charge in [0.1, 0.15) is 6.10 Å². The Morgan fingerprint density at radius 1 is 1.16 bits per heavy atom. The van der Waals surface area contributed by atoms with Crippen LogP contribution in [0.2, 0.25) is 0 Å². The Balaban J connectivity index is 1.51. The maximum Gasteiger partial charge on any atom is 0.267 e. The minimum Gasteiger partial charge on any atom is -0.368 e. The highest BCUT2D eigenvalue weighted by molar-refractivity contribution is 5.85. The lowest BCUT2D eigenvalue weighted by Gasteiger charge is -2.12. The van der Waals surface area contributed by atoms with Gasteiger partial charge in [0.25, 0.3) is 17.4 Å². The standard InChI is InChI=1S/C23H23N5O3/c1-13-6-7-16(25-23-26-21(31-27-23)20-5-4-8-30-20)11-17(13)18-10-15-12-24-14(2)9-19(15)28(3)22(18)29/h6-7,9-12,20H,4-5,8H2,1-3H3,(H,25,27)/t20-/m1/s1. The maximum atomic E-state index is 13.1. The SMILES string of the molecule is Cc1cc2c(cn1)cc(-c1cc(Nc3noc([C@H]4CCCO4)n3)ccc1C)c(=O)n2C. The Labute approximate surface area is 178 Å². The molecule has 4 heterocycles. The van der Waals surface area contributed by atoms with Crippen LogP contribution in [0.1, 0.15) is 36.1 Å². The number of hydrogen-bond donors (Lipinski definition) is 1. The molecular weight excluding hydrogens is 394 g/mol. The van der Waals surface area contributed by atoms with Crippen molar-refractivity contribution in [2.45, 2.75) is 32.8 Å². The van der Waals surface area contributed by atoms with Crippen LogP contribution in [0.4, 0.5) is 11.6 Å². The highest BCUT2D eigenvalue weighted by Gasteiger charge is 2.24. The molecule has 0 radical (unpaired) electrons. The normalized spacial score (nSPS) is 16.2. The van der Waals surface area contributed by atoms with Gasteiger partial charge in [-0.1, -0.05) is 6.07 Å². The van der Waals surface area contributed by atoms with E-state index in [1.807, 2.05) is 44.2 Å². The molecular formula is C23H23N5O3. The zero-order valence-electron chi connectivity index (χ0n) is 17.7. The third kappa shape index (κ3) is 3.59. The molecule has 0 saturated carbocycles. The fourth-order valence-corrected chi connectivity index (χ4v) is 3.97. The Kier molecular flexibility index (Phi) is 4.78. The highest BCUT2D eigenvalue weighted by atomic mass is 16.5. The van der Waals surface area contributed by atoms with Gasteiger partial charge in [-0.25, -0.2) is 0 Å². The van der Waals surface area contributed by atoms with Gasteiger partial charge in [0.15, 0.2) is 0 Å². The summed E-state index contributed by atoms with van der Waals surface area (Å²) in [5.41, 5.74) is 4.91. The van der Waals surface area contributed by atoms with Crippen LogP contribution in [0, 0.1) is 13.8 Å². The first-order chi connectivity index (χ1) is 15.0. The average molecular weight is 417 g/mol. The van der Waals surface area contributed by atoms with Crippen LogP contribution in [-0.4, -0.2) is 26.3 Å². The van der Waals surface area contributed by atoms with E-state index in [-0.39, 0.29) is 11.7 Å². The molecule has 1 aliphatic heterocycles. The number of fused-ring (bicyclic) bond motifs is 1. The van der Waals surface area contributed by atoms with Crippen LogP contribution >= 0.6 is 0 Å². The van der Waals surface area contributed by atoms with E-state index >= 15 is 0 Å². The van der Waals surface area contributed by atoms with E-state index in [9.17, 15) is 4.79 Å². The predicted molar refractivity (Wildman–Crippen MR) is 117 cm³/mol. The molecule has 158 valence electrons. The lowest BCUT2D eigenvalue weighted by molar-refractivity contribution is 0.0836. The van der Waals surface area contributed by atoms with Gasteiger partial charge in [-0.3, -0.25) is 9.78 Å². The Hall–Kier alpha value is -3.52. The molecule has 0 spiro atoms. The molecule has 0 bridgehead atoms. The molecule has 0 unspecified atom stereocenters. The smallest absolute Gasteiger partial charge is 0.267 e. The number of aryl methyl sites for hydroxylation is 3. The van der Waals surface area contributed by atoms with Crippen molar-refractivity contribution in [2.24, 2.45) is 7.05 Å². The molecule has 1 N–H and O–H groups in total. The van der Waals surface area contributed by atoms with Crippen molar-refractivity contribution in [1.29, 1.82) is 0 Å². The summed E-state index contributed by atoms with van der Waals surface area (Å²) in [6.07, 6.45) is 3.55. The zero-order valence-corrected chi connectivity index (χ0v) is 17.7. The van der Waals surface area contributed by atoms with Crippen molar-refractivity contribution >= 4 is 22.5 Å². The number of nitrogens with one attached hydrogen (secondary N) is 1. The van der Waals surface area contributed by atoms with Gasteiger partial charge >= 0.3 is 0 Å². The zero-order chi connectivity index (χ0) is 21.5. The summed E-state index contributed by atoms with van der Waals surface area (Å²) in [7, 11) is 1.79. The predicted octanol–water partition coefficient (Wildman–Crippen LogP) is 4.20. The highest BCUT2D eigenvalue weighted by Crippen LogP contribution is 2.30. The first kappa shape index (κ1) is 19.4. The topological polar surface area (TPSA) is 95.1 Å². The van der Waals surface area contributed by atoms with Gasteiger partial charge in [-0.15, -0.1) is 0 Å². The lowest BCUT2D eigenvalue weighted by Crippen LogP contribution is -2.19. The van der Waals surface area contributed by atoms with Crippen molar-refractivity contribution in [3.63, 3.8) is 0 Å². The summed E-state index contributed by atoms with van der Waals surface area (Å²) in [5.74, 6) is 0.852. The summed E-state index contributed by atoms with van der Waals surface area (Å²) in [6.45, 7) is 4.62. The van der Waals surface area contributed by atoms with Crippen molar-refractivity contribution in [3.8, 4) is 11.1 Å². The second kappa shape index (κ2) is 7.63. The Morgan fingerprint density at radius 2 is 2.03 bits per heavy atom. The van der Waals surface area contributed by atoms with Crippen molar-refractivity contribution < 1.29 is 9.26 Å². The van der Waals surface area contributed by atoms with E-state index < -0.39 is 0 Å². The molecule has 4 aromatic rings. The molecule has 5 rings (SSSR count). The molecule has 8 nitrogen and oxygen atoms in total. The van der Waals surface area contributed by atoms with Gasteiger partial charge < -0.3 is 19.1 Å². The maximum absolute atomic E-state index is 13.1. The first-order valence-corrected chi connectivity index (χ1v) is 10.3. The van der Waals surface area contributed by atoms with Gasteiger partial charge in [0.05, 0.1) is 5.52 Å². The van der Waals surface area contributed by atoms with Crippen molar-refractivity contribution in [3.05, 3.63) is 64.0 Å². The lowest BCUT2D eigenvalue weighted by atomic mass is 9.99. The molecule has 0 amide bonds. The molecule has 1 aliphatic rings. The number of benzene rings is 1. The van der Waals surface area contributed by atoms with E-state index in [2.05, 4.69) is 20.4 Å². The van der Waals surface area contributed by atoms with Crippen LogP contribution in [0.5, 0.6) is 0 Å². The Bertz CT molecular complexity index is 1340. The minimum atomic E-state index is -0.130. The second-order valence-corrected chi connectivity index (χ2v) is 7.92. The second-order valence-electron chi connectivity index (χ2n) is 7.92. The van der Waals surface area contributed by atoms with Gasteiger partial charge in [-0.2, -0.15) is 4.98 Å². The van der Waals surface area contributed by atoms with E-state index in [1.54, 1.807) is 17.8 Å². The molecule has 8 heteroatoms. The summed E-state index contributed by atoms with van der Waals surface area (Å²) in [6, 6.07) is 9.65. The molecule has 1 saturated heterocycles. The monoisotopic (exact) mass is 417 g/mol.